The summed E-state index contributed by atoms with van der Waals surface area (Å²) in [7, 11) is -0.377. The van der Waals surface area contributed by atoms with Crippen molar-refractivity contribution in [2.24, 2.45) is 7.05 Å². The summed E-state index contributed by atoms with van der Waals surface area (Å²) in [5.41, 5.74) is 0.339. The summed E-state index contributed by atoms with van der Waals surface area (Å²) in [6.07, 6.45) is 1.71. The van der Waals surface area contributed by atoms with Gasteiger partial charge in [-0.3, -0.25) is 9.48 Å². The van der Waals surface area contributed by atoms with Crippen LogP contribution in [0.4, 0.5) is 5.82 Å². The van der Waals surface area contributed by atoms with E-state index in [0.717, 1.165) is 0 Å². The largest absolute Gasteiger partial charge is 0.383 e. The third-order valence-corrected chi connectivity index (χ3v) is 4.46. The van der Waals surface area contributed by atoms with E-state index in [2.05, 4.69) is 15.1 Å². The van der Waals surface area contributed by atoms with Gasteiger partial charge in [-0.05, 0) is 24.3 Å². The second-order valence-corrected chi connectivity index (χ2v) is 6.51. The third kappa shape index (κ3) is 4.62. The number of aryl methyl sites for hydroxylation is 1. The summed E-state index contributed by atoms with van der Waals surface area (Å²) in [6.45, 7) is 0.463. The number of nitrogens with zero attached hydrogens (tertiary/aromatic N) is 2. The zero-order valence-electron chi connectivity index (χ0n) is 12.8. The maximum Gasteiger partial charge on any atom is 0.256 e. The predicted molar refractivity (Wildman–Crippen MR) is 84.7 cm³/mol. The minimum Gasteiger partial charge on any atom is -0.383 e. The van der Waals surface area contributed by atoms with Crippen molar-refractivity contribution >= 4 is 21.7 Å². The average Bonchev–Trinajstić information content (AvgIpc) is 2.92. The standard InChI is InChI=1S/C14H18N4O4S/c1-18-9-7-13(17-18)16-14(19)11-3-5-12(6-4-11)23(20,21)15-8-10-22-2/h3-7,9,15H,8,10H2,1-2H3,(H,16,17,19). The zero-order chi connectivity index (χ0) is 16.9. The predicted octanol–water partition coefficient (Wildman–Crippen LogP) is 0.597. The topological polar surface area (TPSA) is 102 Å². The third-order valence-electron chi connectivity index (χ3n) is 2.98. The van der Waals surface area contributed by atoms with Crippen molar-refractivity contribution in [1.82, 2.24) is 14.5 Å². The van der Waals surface area contributed by atoms with E-state index in [1.807, 2.05) is 0 Å². The lowest BCUT2D eigenvalue weighted by Gasteiger charge is -2.07. The van der Waals surface area contributed by atoms with Crippen molar-refractivity contribution in [2.45, 2.75) is 4.90 Å². The fourth-order valence-corrected chi connectivity index (χ4v) is 2.83. The van der Waals surface area contributed by atoms with Crippen molar-refractivity contribution in [3.05, 3.63) is 42.1 Å². The molecule has 1 aromatic carbocycles. The molecule has 8 nitrogen and oxygen atoms in total. The summed E-state index contributed by atoms with van der Waals surface area (Å²) in [4.78, 5) is 12.1. The van der Waals surface area contributed by atoms with Crippen LogP contribution in [0.5, 0.6) is 0 Å². The van der Waals surface area contributed by atoms with Gasteiger partial charge in [0, 0.05) is 38.5 Å². The van der Waals surface area contributed by atoms with Crippen LogP contribution >= 0.6 is 0 Å². The number of nitrogens with one attached hydrogen (secondary N) is 2. The van der Waals surface area contributed by atoms with Crippen LogP contribution in [0.3, 0.4) is 0 Å². The lowest BCUT2D eigenvalue weighted by atomic mass is 10.2. The molecule has 0 aliphatic heterocycles. The van der Waals surface area contributed by atoms with Crippen molar-refractivity contribution in [2.75, 3.05) is 25.6 Å². The minimum absolute atomic E-state index is 0.0861. The molecule has 0 atom stereocenters. The van der Waals surface area contributed by atoms with Gasteiger partial charge in [0.05, 0.1) is 11.5 Å². The molecule has 0 bridgehead atoms. The number of aromatic nitrogens is 2. The Kier molecular flexibility index (Phi) is 5.48. The van der Waals surface area contributed by atoms with Gasteiger partial charge in [-0.2, -0.15) is 5.10 Å². The molecule has 0 radical (unpaired) electrons. The number of carbonyl (C=O) groups excluding carboxylic acids is 1. The van der Waals surface area contributed by atoms with Crippen LogP contribution in [-0.4, -0.2) is 44.4 Å². The minimum atomic E-state index is -3.61. The summed E-state index contributed by atoms with van der Waals surface area (Å²) >= 11 is 0. The van der Waals surface area contributed by atoms with Crippen LogP contribution in [0.25, 0.3) is 0 Å². The van der Waals surface area contributed by atoms with Gasteiger partial charge in [0.15, 0.2) is 5.82 Å². The van der Waals surface area contributed by atoms with Crippen LogP contribution < -0.4 is 10.0 Å². The second-order valence-electron chi connectivity index (χ2n) is 4.74. The molecule has 0 aliphatic carbocycles. The van der Waals surface area contributed by atoms with Crippen molar-refractivity contribution in [1.29, 1.82) is 0 Å². The lowest BCUT2D eigenvalue weighted by molar-refractivity contribution is 0.102. The van der Waals surface area contributed by atoms with Crippen LogP contribution in [0.15, 0.2) is 41.4 Å². The number of benzene rings is 1. The molecule has 0 aliphatic rings. The lowest BCUT2D eigenvalue weighted by Crippen LogP contribution is -2.27. The Hall–Kier alpha value is -2.23. The van der Waals surface area contributed by atoms with Crippen LogP contribution in [0, 0.1) is 0 Å². The molecule has 0 saturated heterocycles. The fourth-order valence-electron chi connectivity index (χ4n) is 1.82. The van der Waals surface area contributed by atoms with Gasteiger partial charge >= 0.3 is 0 Å². The van der Waals surface area contributed by atoms with Crippen LogP contribution in [-0.2, 0) is 21.8 Å². The molecule has 1 aromatic heterocycles. The average molecular weight is 338 g/mol. The molecule has 0 fully saturated rings. The maximum absolute atomic E-state index is 12.1. The smallest absolute Gasteiger partial charge is 0.256 e. The number of ether oxygens (including phenoxy) is 1. The highest BCUT2D eigenvalue weighted by Gasteiger charge is 2.14. The summed E-state index contributed by atoms with van der Waals surface area (Å²) in [5, 5.41) is 6.67. The van der Waals surface area contributed by atoms with Crippen molar-refractivity contribution in [3.8, 4) is 0 Å². The van der Waals surface area contributed by atoms with E-state index < -0.39 is 10.0 Å². The Bertz CT molecular complexity index is 768. The van der Waals surface area contributed by atoms with Gasteiger partial charge < -0.3 is 10.1 Å². The molecular formula is C14H18N4O4S. The van der Waals surface area contributed by atoms with Gasteiger partial charge in [0.25, 0.3) is 5.91 Å². The number of amides is 1. The molecule has 124 valence electrons. The van der Waals surface area contributed by atoms with E-state index in [0.29, 0.717) is 11.4 Å². The Balaban J connectivity index is 2.05. The van der Waals surface area contributed by atoms with Crippen LogP contribution in [0.1, 0.15) is 10.4 Å². The SMILES string of the molecule is COCCNS(=O)(=O)c1ccc(C(=O)Nc2ccn(C)n2)cc1. The normalized spacial score (nSPS) is 11.4. The first kappa shape index (κ1) is 17.1. The van der Waals surface area contributed by atoms with E-state index >= 15 is 0 Å². The van der Waals surface area contributed by atoms with Crippen molar-refractivity contribution in [3.63, 3.8) is 0 Å². The Labute approximate surface area is 134 Å². The summed E-state index contributed by atoms with van der Waals surface area (Å²) < 4.78 is 32.8. The number of methoxy groups -OCH3 is 1. The molecule has 23 heavy (non-hydrogen) atoms. The van der Waals surface area contributed by atoms with E-state index in [9.17, 15) is 13.2 Å². The summed E-state index contributed by atoms with van der Waals surface area (Å²) in [6, 6.07) is 7.31. The van der Waals surface area contributed by atoms with Gasteiger partial charge in [0.1, 0.15) is 0 Å². The van der Waals surface area contributed by atoms with Gasteiger partial charge in [-0.25, -0.2) is 13.1 Å². The number of hydrogen-bond donors (Lipinski definition) is 2. The molecule has 2 rings (SSSR count). The van der Waals surface area contributed by atoms with Gasteiger partial charge in [-0.15, -0.1) is 0 Å². The molecule has 9 heteroatoms. The zero-order valence-corrected chi connectivity index (χ0v) is 13.6. The van der Waals surface area contributed by atoms with E-state index in [4.69, 9.17) is 4.74 Å². The number of sulfonamides is 1. The molecule has 1 heterocycles. The van der Waals surface area contributed by atoms with Crippen LogP contribution in [0.2, 0.25) is 0 Å². The maximum atomic E-state index is 12.1. The first-order valence-electron chi connectivity index (χ1n) is 6.82. The van der Waals surface area contributed by atoms with E-state index in [1.54, 1.807) is 24.0 Å². The Morgan fingerprint density at radius 3 is 2.52 bits per heavy atom. The number of carbonyl (C=O) groups is 1. The number of anilines is 1. The number of rotatable bonds is 7. The van der Waals surface area contributed by atoms with Crippen molar-refractivity contribution < 1.29 is 17.9 Å². The molecular weight excluding hydrogens is 320 g/mol. The molecule has 0 saturated carbocycles. The Morgan fingerprint density at radius 1 is 1.26 bits per heavy atom. The monoisotopic (exact) mass is 338 g/mol. The van der Waals surface area contributed by atoms with E-state index in [1.165, 1.54) is 31.4 Å². The first-order valence-corrected chi connectivity index (χ1v) is 8.30. The highest BCUT2D eigenvalue weighted by molar-refractivity contribution is 7.89. The first-order chi connectivity index (χ1) is 10.9. The van der Waals surface area contributed by atoms with Gasteiger partial charge in [0.2, 0.25) is 10.0 Å². The highest BCUT2D eigenvalue weighted by atomic mass is 32.2. The molecule has 2 N–H and O–H groups in total. The quantitative estimate of drug-likeness (QED) is 0.720. The fraction of sp³-hybridized carbons (Fsp3) is 0.286. The van der Waals surface area contributed by atoms with E-state index in [-0.39, 0.29) is 24.0 Å². The molecule has 2 aromatic rings. The van der Waals surface area contributed by atoms with Gasteiger partial charge in [-0.1, -0.05) is 0 Å². The highest BCUT2D eigenvalue weighted by Crippen LogP contribution is 2.12. The molecule has 0 spiro atoms. The molecule has 1 amide bonds. The second kappa shape index (κ2) is 7.36. The number of hydrogen-bond acceptors (Lipinski definition) is 5. The summed E-state index contributed by atoms with van der Waals surface area (Å²) in [5.74, 6) is 0.0652. The Morgan fingerprint density at radius 2 is 1.96 bits per heavy atom. The molecule has 0 unspecified atom stereocenters.